The standard InChI is InChI=1S/C48H60N10O6S/c1-29(2)43(47(62)58-26-35(59)23-39(58)46(61)51-30(3)32-9-11-33(12-10-32)44-31(4)50-28-65-44)41-25-42(55-64-41)63-22-21-56-17-13-34(14-18-56)57-19-15-48(16-20-57)27-49-45-38(52-48)24-37(53-54-45)36-7-5-6-8-40(36)60/h5-12,24-25,28-30,34-35,39,43,52,59-60H,13-23,26-27H2,1-4H3,(H,49,54)(H,51,61)/t30-,35+,39-,43+/m0/s1. The third-order valence-corrected chi connectivity index (χ3v) is 14.8. The molecule has 3 saturated heterocycles. The van der Waals surface area contributed by atoms with Crippen LogP contribution in [0.3, 0.4) is 0 Å². The molecule has 7 heterocycles. The topological polar surface area (TPSA) is 194 Å². The van der Waals surface area contributed by atoms with Gasteiger partial charge < -0.3 is 45.2 Å². The number of carbonyl (C=O) groups is 2. The Bertz CT molecular complexity index is 2440. The van der Waals surface area contributed by atoms with Crippen LogP contribution in [0.15, 0.2) is 70.7 Å². The van der Waals surface area contributed by atoms with Crippen molar-refractivity contribution in [3.63, 3.8) is 0 Å². The molecule has 344 valence electrons. The summed E-state index contributed by atoms with van der Waals surface area (Å²) in [5.74, 6) is 0.179. The van der Waals surface area contributed by atoms with E-state index in [4.69, 9.17) is 9.26 Å². The number of nitrogens with zero attached hydrogens (tertiary/aromatic N) is 7. The zero-order chi connectivity index (χ0) is 45.2. The molecule has 2 aromatic carbocycles. The Hall–Kier alpha value is -5.62. The summed E-state index contributed by atoms with van der Waals surface area (Å²) >= 11 is 1.59. The number of hydrogen-bond donors (Lipinski definition) is 5. The number of likely N-dealkylation sites (tertiary alicyclic amines) is 3. The number of phenolic OH excluding ortho intramolecular Hbond substituents is 1. The number of aliphatic hydroxyl groups is 1. The quantitative estimate of drug-likeness (QED) is 0.0915. The number of nitrogens with one attached hydrogen (secondary N) is 3. The number of amides is 2. The molecule has 0 radical (unpaired) electrons. The molecule has 4 atom stereocenters. The van der Waals surface area contributed by atoms with Crippen molar-refractivity contribution in [2.45, 2.75) is 95.5 Å². The number of aromatic nitrogens is 4. The summed E-state index contributed by atoms with van der Waals surface area (Å²) in [6, 6.07) is 18.4. The number of aryl methyl sites for hydroxylation is 1. The second-order valence-corrected chi connectivity index (χ2v) is 19.4. The number of fused-ring (bicyclic) bond motifs is 1. The van der Waals surface area contributed by atoms with Gasteiger partial charge in [-0.05, 0) is 93.0 Å². The Balaban J connectivity index is 0.728. The smallest absolute Gasteiger partial charge is 0.254 e. The molecule has 4 aliphatic rings. The minimum Gasteiger partial charge on any atom is -0.507 e. The van der Waals surface area contributed by atoms with Crippen LogP contribution >= 0.6 is 11.3 Å². The van der Waals surface area contributed by atoms with Gasteiger partial charge in [0.25, 0.3) is 5.88 Å². The number of hydrogen-bond acceptors (Lipinski definition) is 15. The lowest BCUT2D eigenvalue weighted by atomic mass is 9.84. The lowest BCUT2D eigenvalue weighted by Crippen LogP contribution is -2.57. The van der Waals surface area contributed by atoms with Gasteiger partial charge in [0.15, 0.2) is 11.6 Å². The average molecular weight is 905 g/mol. The minimum absolute atomic E-state index is 0.0601. The van der Waals surface area contributed by atoms with E-state index in [1.165, 1.54) is 4.90 Å². The molecule has 65 heavy (non-hydrogen) atoms. The number of piperidine rings is 2. The van der Waals surface area contributed by atoms with Crippen LogP contribution in [0.4, 0.5) is 11.5 Å². The second kappa shape index (κ2) is 19.1. The van der Waals surface area contributed by atoms with Gasteiger partial charge in [0, 0.05) is 56.8 Å². The number of aromatic hydroxyl groups is 1. The number of carbonyl (C=O) groups excluding carboxylic acids is 2. The maximum absolute atomic E-state index is 14.2. The lowest BCUT2D eigenvalue weighted by molar-refractivity contribution is -0.141. The highest BCUT2D eigenvalue weighted by molar-refractivity contribution is 7.13. The molecule has 0 bridgehead atoms. The molecule has 3 aromatic heterocycles. The second-order valence-electron chi connectivity index (χ2n) is 18.5. The van der Waals surface area contributed by atoms with Gasteiger partial charge >= 0.3 is 0 Å². The van der Waals surface area contributed by atoms with Crippen molar-refractivity contribution in [1.29, 1.82) is 0 Å². The van der Waals surface area contributed by atoms with Gasteiger partial charge in [-0.3, -0.25) is 14.5 Å². The SMILES string of the molecule is Cc1ncsc1-c1ccc([C@H](C)NC(=O)[C@@H]2C[C@@H](O)CN2C(=O)[C@@H](c2cc(OCCN3CCC(N4CCC5(CC4)CNc4nnc(-c6ccccc6O)cc4N5)CC3)no2)C(C)C)cc1. The highest BCUT2D eigenvalue weighted by Gasteiger charge is 2.44. The largest absolute Gasteiger partial charge is 0.507 e. The van der Waals surface area contributed by atoms with Gasteiger partial charge in [-0.25, -0.2) is 4.98 Å². The third kappa shape index (κ3) is 9.69. The number of phenols is 1. The molecule has 0 unspecified atom stereocenters. The molecule has 0 saturated carbocycles. The van der Waals surface area contributed by atoms with Crippen LogP contribution in [0, 0.1) is 12.8 Å². The van der Waals surface area contributed by atoms with Crippen LogP contribution < -0.4 is 20.7 Å². The average Bonchev–Trinajstić information content (AvgIpc) is 4.07. The number of benzene rings is 2. The molecule has 2 amide bonds. The van der Waals surface area contributed by atoms with Crippen molar-refractivity contribution in [1.82, 2.24) is 40.4 Å². The zero-order valence-corrected chi connectivity index (χ0v) is 38.4. The Morgan fingerprint density at radius 1 is 1.03 bits per heavy atom. The van der Waals surface area contributed by atoms with Gasteiger partial charge in [0.2, 0.25) is 11.8 Å². The van der Waals surface area contributed by atoms with E-state index >= 15 is 0 Å². The van der Waals surface area contributed by atoms with Gasteiger partial charge in [0.05, 0.1) is 45.1 Å². The number of para-hydroxylation sites is 1. The van der Waals surface area contributed by atoms with Crippen molar-refractivity contribution in [2.75, 3.05) is 63.1 Å². The summed E-state index contributed by atoms with van der Waals surface area (Å²) in [5.41, 5.74) is 7.00. The first kappa shape index (κ1) is 44.6. The predicted molar refractivity (Wildman–Crippen MR) is 249 cm³/mol. The van der Waals surface area contributed by atoms with Gasteiger partial charge in [-0.2, -0.15) is 0 Å². The summed E-state index contributed by atoms with van der Waals surface area (Å²) in [5, 5.41) is 44.4. The van der Waals surface area contributed by atoms with E-state index < -0.39 is 18.1 Å². The summed E-state index contributed by atoms with van der Waals surface area (Å²) in [4.78, 5) is 40.0. The maximum Gasteiger partial charge on any atom is 0.254 e. The summed E-state index contributed by atoms with van der Waals surface area (Å²) in [7, 11) is 0. The van der Waals surface area contributed by atoms with Crippen LogP contribution in [0.2, 0.25) is 0 Å². The van der Waals surface area contributed by atoms with Crippen molar-refractivity contribution < 1.29 is 29.1 Å². The van der Waals surface area contributed by atoms with E-state index in [1.54, 1.807) is 29.5 Å². The molecular weight excluding hydrogens is 845 g/mol. The van der Waals surface area contributed by atoms with E-state index in [0.717, 1.165) is 98.2 Å². The lowest BCUT2D eigenvalue weighted by Gasteiger charge is -2.48. The number of aliphatic hydroxyl groups excluding tert-OH is 1. The van der Waals surface area contributed by atoms with E-state index in [2.05, 4.69) is 46.1 Å². The Morgan fingerprint density at radius 2 is 1.80 bits per heavy atom. The van der Waals surface area contributed by atoms with Crippen LogP contribution in [-0.4, -0.2) is 133 Å². The van der Waals surface area contributed by atoms with Crippen LogP contribution in [0.5, 0.6) is 11.6 Å². The van der Waals surface area contributed by atoms with Crippen molar-refractivity contribution >= 4 is 34.7 Å². The Kier molecular flexibility index (Phi) is 13.1. The highest BCUT2D eigenvalue weighted by atomic mass is 32.1. The van der Waals surface area contributed by atoms with E-state index in [-0.39, 0.29) is 48.0 Å². The summed E-state index contributed by atoms with van der Waals surface area (Å²) < 4.78 is 11.8. The number of ether oxygens (including phenoxy) is 1. The van der Waals surface area contributed by atoms with Gasteiger partial charge in [0.1, 0.15) is 24.3 Å². The Labute approximate surface area is 383 Å². The molecular formula is C48H60N10O6S. The molecule has 17 heteroatoms. The fourth-order valence-electron chi connectivity index (χ4n) is 10.0. The van der Waals surface area contributed by atoms with E-state index in [0.29, 0.717) is 35.5 Å². The fourth-order valence-corrected chi connectivity index (χ4v) is 10.8. The van der Waals surface area contributed by atoms with Crippen molar-refractivity contribution in [2.24, 2.45) is 5.92 Å². The molecule has 3 fully saturated rings. The summed E-state index contributed by atoms with van der Waals surface area (Å²) in [6.07, 6.45) is 3.57. The normalized spacial score (nSPS) is 21.1. The number of anilines is 2. The fraction of sp³-hybridized carbons (Fsp3) is 0.500. The van der Waals surface area contributed by atoms with Gasteiger partial charge in [-0.15, -0.1) is 21.5 Å². The monoisotopic (exact) mass is 904 g/mol. The molecule has 0 aliphatic carbocycles. The van der Waals surface area contributed by atoms with E-state index in [1.807, 2.05) is 75.7 Å². The molecule has 4 aliphatic heterocycles. The molecule has 5 N–H and O–H groups in total. The predicted octanol–water partition coefficient (Wildman–Crippen LogP) is 6.06. The molecule has 16 nitrogen and oxygen atoms in total. The highest BCUT2D eigenvalue weighted by Crippen LogP contribution is 2.39. The first-order valence-electron chi connectivity index (χ1n) is 23.0. The Morgan fingerprint density at radius 3 is 2.52 bits per heavy atom. The first-order chi connectivity index (χ1) is 31.4. The van der Waals surface area contributed by atoms with Crippen molar-refractivity contribution in [3.8, 4) is 33.3 Å². The number of rotatable bonds is 13. The summed E-state index contributed by atoms with van der Waals surface area (Å²) in [6.45, 7) is 13.8. The minimum atomic E-state index is -0.818. The van der Waals surface area contributed by atoms with Gasteiger partial charge in [-0.1, -0.05) is 50.2 Å². The molecule has 9 rings (SSSR count). The van der Waals surface area contributed by atoms with Crippen LogP contribution in [0.25, 0.3) is 21.7 Å². The van der Waals surface area contributed by atoms with Crippen LogP contribution in [0.1, 0.15) is 81.9 Å². The first-order valence-corrected chi connectivity index (χ1v) is 23.8. The zero-order valence-electron chi connectivity index (χ0n) is 37.6. The third-order valence-electron chi connectivity index (χ3n) is 13.8. The maximum atomic E-state index is 14.2. The van der Waals surface area contributed by atoms with Crippen LogP contribution in [-0.2, 0) is 9.59 Å². The molecule has 1 spiro atoms. The number of thiazole rings is 1. The number of β-amino-alcohol motifs (C(OH)–C–C–N with tert-alkyl or cyclic N) is 1. The van der Waals surface area contributed by atoms with E-state index in [9.17, 15) is 19.8 Å². The molecule has 5 aromatic rings. The van der Waals surface area contributed by atoms with Crippen molar-refractivity contribution in [3.05, 3.63) is 83.2 Å².